The number of hydrogen-bond donors (Lipinski definition) is 1. The summed E-state index contributed by atoms with van der Waals surface area (Å²) in [6.45, 7) is -0.348. The third kappa shape index (κ3) is 4.37. The molecule has 4 aromatic rings. The summed E-state index contributed by atoms with van der Waals surface area (Å²) in [5.41, 5.74) is 1.09. The van der Waals surface area contributed by atoms with E-state index in [2.05, 4.69) is 20.6 Å². The lowest BCUT2D eigenvalue weighted by Gasteiger charge is -2.43. The van der Waals surface area contributed by atoms with Crippen LogP contribution in [0.2, 0.25) is 5.02 Å². The molecule has 2 aromatic carbocycles. The molecule has 0 unspecified atom stereocenters. The number of nitrogens with zero attached hydrogens (tertiary/aromatic N) is 6. The van der Waals surface area contributed by atoms with Crippen molar-refractivity contribution in [1.29, 1.82) is 0 Å². The van der Waals surface area contributed by atoms with E-state index in [-0.39, 0.29) is 17.9 Å². The maximum atomic E-state index is 13.8. The van der Waals surface area contributed by atoms with Crippen LogP contribution in [-0.4, -0.2) is 60.2 Å². The Morgan fingerprint density at radius 3 is 2.55 bits per heavy atom. The van der Waals surface area contributed by atoms with E-state index in [0.29, 0.717) is 22.7 Å². The second kappa shape index (κ2) is 9.77. The molecule has 2 aliphatic rings. The van der Waals surface area contributed by atoms with Crippen molar-refractivity contribution in [2.45, 2.75) is 43.2 Å². The lowest BCUT2D eigenvalue weighted by Crippen LogP contribution is -2.50. The molecule has 0 bridgehead atoms. The van der Waals surface area contributed by atoms with E-state index in [0.717, 1.165) is 12.1 Å². The third-order valence-electron chi connectivity index (χ3n) is 6.59. The standard InChI is InChI=1S/C25H22ClF3N6O3/c26-18-4-2-1-3-17(18)22-12-35(33-31-22)23-5-6-37-25(23)10-15(9-16(13-36)38-25)34-11-21(30-32-34)14-7-19(27)24(29)20(28)8-14/h1-4,7-8,11-12,15-16,23,36H,5-6,9-10,13H2/t15-,16+,23+,25-/m0/s1/i9D,10D/t9-,10-,15+,16-,23-,25+/m1. The van der Waals surface area contributed by atoms with Crippen LogP contribution in [0.3, 0.4) is 0 Å². The van der Waals surface area contributed by atoms with Crippen LogP contribution in [0.15, 0.2) is 48.8 Å². The molecule has 9 nitrogen and oxygen atoms in total. The van der Waals surface area contributed by atoms with Crippen molar-refractivity contribution in [2.24, 2.45) is 0 Å². The second-order valence-electron chi connectivity index (χ2n) is 8.96. The fraction of sp³-hybridized carbons (Fsp3) is 0.360. The smallest absolute Gasteiger partial charge is 0.194 e. The Bertz CT molecular complexity index is 1540. The first-order valence-electron chi connectivity index (χ1n) is 12.9. The first kappa shape index (κ1) is 22.6. The molecule has 2 aromatic heterocycles. The highest BCUT2D eigenvalue weighted by Crippen LogP contribution is 2.48. The lowest BCUT2D eigenvalue weighted by molar-refractivity contribution is -0.286. The van der Waals surface area contributed by atoms with Crippen molar-refractivity contribution < 1.29 is 30.5 Å². The van der Waals surface area contributed by atoms with Gasteiger partial charge in [-0.15, -0.1) is 10.2 Å². The van der Waals surface area contributed by atoms with Crippen molar-refractivity contribution in [1.82, 2.24) is 30.0 Å². The number of ether oxygens (including phenoxy) is 2. The summed E-state index contributed by atoms with van der Waals surface area (Å²) in [4.78, 5) is 0. The summed E-state index contributed by atoms with van der Waals surface area (Å²) in [6, 6.07) is 6.97. The zero-order valence-corrected chi connectivity index (χ0v) is 20.3. The van der Waals surface area contributed by atoms with Crippen molar-refractivity contribution in [3.05, 3.63) is 71.3 Å². The molecule has 1 N–H and O–H groups in total. The Morgan fingerprint density at radius 1 is 1.08 bits per heavy atom. The number of aromatic nitrogens is 6. The molecule has 2 fully saturated rings. The molecule has 6 atom stereocenters. The summed E-state index contributed by atoms with van der Waals surface area (Å²) in [5.74, 6) is -6.04. The van der Waals surface area contributed by atoms with Crippen LogP contribution in [-0.2, 0) is 9.47 Å². The van der Waals surface area contributed by atoms with Gasteiger partial charge in [0.05, 0.1) is 42.8 Å². The molecule has 13 heteroatoms. The minimum Gasteiger partial charge on any atom is -0.394 e. The highest BCUT2D eigenvalue weighted by atomic mass is 35.5. The number of aliphatic hydroxyl groups is 1. The molecule has 0 saturated carbocycles. The van der Waals surface area contributed by atoms with E-state index in [1.165, 1.54) is 15.6 Å². The van der Waals surface area contributed by atoms with E-state index in [9.17, 15) is 19.6 Å². The van der Waals surface area contributed by atoms with Crippen LogP contribution in [0.25, 0.3) is 22.5 Å². The van der Waals surface area contributed by atoms with Gasteiger partial charge in [-0.2, -0.15) is 0 Å². The Kier molecular flexibility index (Phi) is 5.82. The minimum atomic E-state index is -1.65. The monoisotopic (exact) mass is 548 g/mol. The van der Waals surface area contributed by atoms with Crippen LogP contribution in [0.5, 0.6) is 0 Å². The first-order chi connectivity index (χ1) is 19.2. The van der Waals surface area contributed by atoms with Crippen LogP contribution in [0, 0.1) is 17.5 Å². The Labute approximate surface area is 222 Å². The normalized spacial score (nSPS) is 30.0. The van der Waals surface area contributed by atoms with Crippen molar-refractivity contribution in [3.63, 3.8) is 0 Å². The SMILES string of the molecule is [2H][C@@H]1[C@H](n2cc(-c3cc(F)c(F)c(F)c3)nn2)[C@@H]([2H])[C@]2(OCC[C@H]2n2cc(-c3ccccc3Cl)nn2)O[C@H]1CO. The average molecular weight is 549 g/mol. The van der Waals surface area contributed by atoms with E-state index in [4.69, 9.17) is 22.4 Å². The van der Waals surface area contributed by atoms with Gasteiger partial charge in [-0.3, -0.25) is 0 Å². The molecule has 2 aliphatic heterocycles. The van der Waals surface area contributed by atoms with Gasteiger partial charge in [-0.05, 0) is 31.0 Å². The zero-order chi connectivity index (χ0) is 28.2. The van der Waals surface area contributed by atoms with Gasteiger partial charge >= 0.3 is 0 Å². The van der Waals surface area contributed by atoms with Gasteiger partial charge in [-0.25, -0.2) is 22.5 Å². The topological polar surface area (TPSA) is 100 Å². The molecular formula is C25H22ClF3N6O3. The lowest BCUT2D eigenvalue weighted by atomic mass is 9.91. The van der Waals surface area contributed by atoms with Gasteiger partial charge in [0, 0.05) is 20.3 Å². The molecule has 198 valence electrons. The first-order valence-corrected chi connectivity index (χ1v) is 12.1. The van der Waals surface area contributed by atoms with E-state index < -0.39 is 60.8 Å². The van der Waals surface area contributed by atoms with Crippen LogP contribution in [0.1, 0.15) is 34.0 Å². The predicted octanol–water partition coefficient (Wildman–Crippen LogP) is 4.34. The van der Waals surface area contributed by atoms with Gasteiger partial charge in [-0.1, -0.05) is 40.2 Å². The summed E-state index contributed by atoms with van der Waals surface area (Å²) in [7, 11) is 0. The minimum absolute atomic E-state index is 0.00263. The highest BCUT2D eigenvalue weighted by Gasteiger charge is 2.53. The largest absolute Gasteiger partial charge is 0.394 e. The predicted molar refractivity (Wildman–Crippen MR) is 128 cm³/mol. The number of hydrogen-bond acceptors (Lipinski definition) is 7. The van der Waals surface area contributed by atoms with Crippen molar-refractivity contribution in [3.8, 4) is 22.5 Å². The average Bonchev–Trinajstić information content (AvgIpc) is 3.70. The number of benzene rings is 2. The summed E-state index contributed by atoms with van der Waals surface area (Å²) >= 11 is 6.32. The maximum absolute atomic E-state index is 13.8. The van der Waals surface area contributed by atoms with Gasteiger partial charge in [0.2, 0.25) is 0 Å². The van der Waals surface area contributed by atoms with Gasteiger partial charge in [0.1, 0.15) is 17.4 Å². The van der Waals surface area contributed by atoms with Crippen molar-refractivity contribution in [2.75, 3.05) is 13.2 Å². The molecule has 4 heterocycles. The maximum Gasteiger partial charge on any atom is 0.194 e. The van der Waals surface area contributed by atoms with Crippen LogP contribution < -0.4 is 0 Å². The van der Waals surface area contributed by atoms with E-state index >= 15 is 0 Å². The fourth-order valence-corrected chi connectivity index (χ4v) is 5.02. The molecule has 2 saturated heterocycles. The molecule has 0 aliphatic carbocycles. The Hall–Kier alpha value is -3.32. The molecule has 1 spiro atoms. The van der Waals surface area contributed by atoms with E-state index in [1.807, 2.05) is 6.07 Å². The molecule has 38 heavy (non-hydrogen) atoms. The van der Waals surface area contributed by atoms with E-state index in [1.54, 1.807) is 24.4 Å². The van der Waals surface area contributed by atoms with Gasteiger partial charge in [0.15, 0.2) is 23.2 Å². The number of halogens is 4. The highest BCUT2D eigenvalue weighted by molar-refractivity contribution is 6.33. The van der Waals surface area contributed by atoms with Crippen LogP contribution in [0.4, 0.5) is 13.2 Å². The Balaban J connectivity index is 1.36. The molecule has 0 radical (unpaired) electrons. The summed E-state index contributed by atoms with van der Waals surface area (Å²) < 4.78 is 74.0. The van der Waals surface area contributed by atoms with Gasteiger partial charge < -0.3 is 14.6 Å². The third-order valence-corrected chi connectivity index (χ3v) is 6.92. The zero-order valence-electron chi connectivity index (χ0n) is 21.6. The molecular weight excluding hydrogens is 525 g/mol. The Morgan fingerprint density at radius 2 is 1.79 bits per heavy atom. The number of rotatable bonds is 5. The number of aliphatic hydroxyl groups excluding tert-OH is 1. The summed E-state index contributed by atoms with van der Waals surface area (Å²) in [6.07, 6.45) is -0.178. The quantitative estimate of drug-likeness (QED) is 0.370. The van der Waals surface area contributed by atoms with Crippen LogP contribution >= 0.6 is 11.6 Å². The molecule has 6 rings (SSSR count). The summed E-state index contributed by atoms with van der Waals surface area (Å²) in [5, 5.41) is 27.0. The fourth-order valence-electron chi connectivity index (χ4n) is 4.79. The van der Waals surface area contributed by atoms with Crippen molar-refractivity contribution >= 4 is 11.6 Å². The molecule has 0 amide bonds. The van der Waals surface area contributed by atoms with Gasteiger partial charge in [0.25, 0.3) is 0 Å². The second-order valence-corrected chi connectivity index (χ2v) is 9.37.